The second-order valence-electron chi connectivity index (χ2n) is 6.56. The van der Waals surface area contributed by atoms with E-state index in [0.29, 0.717) is 12.2 Å². The van der Waals surface area contributed by atoms with Gasteiger partial charge in [0.2, 0.25) is 0 Å². The van der Waals surface area contributed by atoms with Crippen LogP contribution in [0.4, 0.5) is 0 Å². The van der Waals surface area contributed by atoms with E-state index in [-0.39, 0.29) is 5.97 Å². The lowest BCUT2D eigenvalue weighted by atomic mass is 10.2. The van der Waals surface area contributed by atoms with E-state index >= 15 is 0 Å². The van der Waals surface area contributed by atoms with Crippen LogP contribution >= 0.6 is 7.26 Å². The Morgan fingerprint density at radius 1 is 0.897 bits per heavy atom. The predicted molar refractivity (Wildman–Crippen MR) is 125 cm³/mol. The molecule has 2 nitrogen and oxygen atoms in total. The Morgan fingerprint density at radius 2 is 1.45 bits per heavy atom. The lowest BCUT2D eigenvalue weighted by Gasteiger charge is -2.28. The van der Waals surface area contributed by atoms with E-state index in [0.717, 1.165) is 11.5 Å². The Bertz CT molecular complexity index is 938. The minimum absolute atomic E-state index is 0.271. The highest BCUT2D eigenvalue weighted by Crippen LogP contribution is 2.56. The molecule has 3 aromatic carbocycles. The van der Waals surface area contributed by atoms with Crippen LogP contribution in [0.5, 0.6) is 0 Å². The molecular formula is C26H26O2P+. The molecule has 146 valence electrons. The molecule has 0 saturated heterocycles. The first-order valence-electron chi connectivity index (χ1n) is 9.77. The molecule has 0 spiro atoms. The molecule has 0 aliphatic rings. The van der Waals surface area contributed by atoms with Crippen molar-refractivity contribution in [2.24, 2.45) is 0 Å². The van der Waals surface area contributed by atoms with Gasteiger partial charge < -0.3 is 4.74 Å². The lowest BCUT2D eigenvalue weighted by Crippen LogP contribution is -2.36. The molecule has 0 radical (unpaired) electrons. The second-order valence-corrected chi connectivity index (χ2v) is 10.1. The summed E-state index contributed by atoms with van der Waals surface area (Å²) < 4.78 is 5.41. The van der Waals surface area contributed by atoms with Crippen molar-refractivity contribution in [3.63, 3.8) is 0 Å². The van der Waals surface area contributed by atoms with E-state index in [1.807, 2.05) is 43.3 Å². The number of rotatable bonds is 8. The second kappa shape index (κ2) is 10.0. The summed E-state index contributed by atoms with van der Waals surface area (Å²) in [5.41, 5.74) is 0.641. The van der Waals surface area contributed by atoms with Gasteiger partial charge in [-0.15, -0.1) is 0 Å². The van der Waals surface area contributed by atoms with E-state index in [9.17, 15) is 4.79 Å². The molecule has 0 bridgehead atoms. The fraction of sp³-hybridized carbons (Fsp3) is 0.115. The third-order valence-corrected chi connectivity index (χ3v) is 9.19. The summed E-state index contributed by atoms with van der Waals surface area (Å²) >= 11 is 0. The first-order chi connectivity index (χ1) is 14.2. The predicted octanol–water partition coefficient (Wildman–Crippen LogP) is 4.90. The molecule has 29 heavy (non-hydrogen) atoms. The monoisotopic (exact) mass is 401 g/mol. The minimum atomic E-state index is -2.13. The maximum atomic E-state index is 12.9. The summed E-state index contributed by atoms with van der Waals surface area (Å²) in [5, 5.41) is 3.51. The lowest BCUT2D eigenvalue weighted by molar-refractivity contribution is 0.0528. The van der Waals surface area contributed by atoms with Gasteiger partial charge in [-0.3, -0.25) is 0 Å². The molecule has 0 unspecified atom stereocenters. The van der Waals surface area contributed by atoms with Gasteiger partial charge in [0.15, 0.2) is 0 Å². The van der Waals surface area contributed by atoms with Gasteiger partial charge in [-0.2, -0.15) is 0 Å². The van der Waals surface area contributed by atoms with E-state index < -0.39 is 7.26 Å². The van der Waals surface area contributed by atoms with E-state index in [1.54, 1.807) is 6.08 Å². The van der Waals surface area contributed by atoms with Gasteiger partial charge in [-0.1, -0.05) is 67.3 Å². The third kappa shape index (κ3) is 4.39. The average Bonchev–Trinajstić information content (AvgIpc) is 2.78. The zero-order valence-corrected chi connectivity index (χ0v) is 17.6. The summed E-state index contributed by atoms with van der Waals surface area (Å²) in [6.45, 7) is 6.01. The fourth-order valence-electron chi connectivity index (χ4n) is 3.60. The molecule has 0 aliphatic carbocycles. The standard InChI is InChI=1S/C26H26O2P/c1-3-5-14-21-29(22-15-8-6-9-16-22,23-17-10-7-11-18-23)25-20-13-12-19-24(25)26(27)28-4-2/h3,5-20H,1,4,21H2,2H3/q+1. The summed E-state index contributed by atoms with van der Waals surface area (Å²) in [6, 6.07) is 28.9. The fourth-order valence-corrected chi connectivity index (χ4v) is 7.80. The molecule has 0 fully saturated rings. The van der Waals surface area contributed by atoms with Gasteiger partial charge in [0.1, 0.15) is 28.7 Å². The van der Waals surface area contributed by atoms with Gasteiger partial charge in [0.25, 0.3) is 0 Å². The first kappa shape index (κ1) is 20.8. The molecule has 0 amide bonds. The van der Waals surface area contributed by atoms with Gasteiger partial charge in [-0.25, -0.2) is 4.79 Å². The largest absolute Gasteiger partial charge is 0.462 e. The summed E-state index contributed by atoms with van der Waals surface area (Å²) in [6.07, 6.45) is 6.72. The molecule has 0 N–H and O–H groups in total. The van der Waals surface area contributed by atoms with Crippen LogP contribution in [0.15, 0.2) is 110 Å². The Balaban J connectivity index is 2.35. The quantitative estimate of drug-likeness (QED) is 0.305. The topological polar surface area (TPSA) is 26.3 Å². The highest BCUT2D eigenvalue weighted by Gasteiger charge is 2.46. The Labute approximate surface area is 173 Å². The maximum absolute atomic E-state index is 12.9. The molecular weight excluding hydrogens is 375 g/mol. The van der Waals surface area contributed by atoms with Crippen LogP contribution in [0.3, 0.4) is 0 Å². The molecule has 0 aromatic heterocycles. The Kier molecular flexibility index (Phi) is 7.16. The number of benzene rings is 3. The summed E-state index contributed by atoms with van der Waals surface area (Å²) in [4.78, 5) is 12.9. The van der Waals surface area contributed by atoms with Crippen LogP contribution in [0.1, 0.15) is 17.3 Å². The molecule has 0 heterocycles. The molecule has 0 aliphatic heterocycles. The number of esters is 1. The van der Waals surface area contributed by atoms with Crippen molar-refractivity contribution in [2.45, 2.75) is 6.92 Å². The summed E-state index contributed by atoms with van der Waals surface area (Å²) in [5.74, 6) is -0.271. The minimum Gasteiger partial charge on any atom is -0.462 e. The third-order valence-electron chi connectivity index (χ3n) is 4.86. The van der Waals surface area contributed by atoms with Crippen molar-refractivity contribution in [3.05, 3.63) is 115 Å². The maximum Gasteiger partial charge on any atom is 0.342 e. The molecule has 0 atom stereocenters. The first-order valence-corrected chi connectivity index (χ1v) is 11.7. The Morgan fingerprint density at radius 3 is 2.00 bits per heavy atom. The van der Waals surface area contributed by atoms with Crippen LogP contribution in [-0.4, -0.2) is 18.7 Å². The zero-order chi connectivity index (χ0) is 20.5. The zero-order valence-electron chi connectivity index (χ0n) is 16.7. The van der Waals surface area contributed by atoms with Gasteiger partial charge >= 0.3 is 5.97 Å². The van der Waals surface area contributed by atoms with E-state index in [4.69, 9.17) is 4.74 Å². The molecule has 3 heteroatoms. The van der Waals surface area contributed by atoms with Crippen molar-refractivity contribution in [1.29, 1.82) is 0 Å². The highest BCUT2D eigenvalue weighted by atomic mass is 31.2. The van der Waals surface area contributed by atoms with Crippen molar-refractivity contribution < 1.29 is 9.53 Å². The van der Waals surface area contributed by atoms with E-state index in [1.165, 1.54) is 10.6 Å². The smallest absolute Gasteiger partial charge is 0.342 e. The highest BCUT2D eigenvalue weighted by molar-refractivity contribution is 7.96. The van der Waals surface area contributed by atoms with Crippen LogP contribution in [0, 0.1) is 0 Å². The molecule has 0 saturated carbocycles. The normalized spacial score (nSPS) is 11.3. The Hall–Kier alpha value is -2.96. The van der Waals surface area contributed by atoms with Gasteiger partial charge in [0.05, 0.1) is 12.8 Å². The summed E-state index contributed by atoms with van der Waals surface area (Å²) in [7, 11) is -2.13. The number of ether oxygens (including phenoxy) is 1. The van der Waals surface area contributed by atoms with Crippen LogP contribution in [-0.2, 0) is 4.74 Å². The van der Waals surface area contributed by atoms with Crippen LogP contribution < -0.4 is 15.9 Å². The van der Waals surface area contributed by atoms with Crippen molar-refractivity contribution in [3.8, 4) is 0 Å². The van der Waals surface area contributed by atoms with Crippen LogP contribution in [0.25, 0.3) is 0 Å². The van der Waals surface area contributed by atoms with Crippen molar-refractivity contribution in [2.75, 3.05) is 12.8 Å². The van der Waals surface area contributed by atoms with Crippen molar-refractivity contribution >= 4 is 29.1 Å². The number of hydrogen-bond donors (Lipinski definition) is 0. The number of carbonyl (C=O) groups is 1. The number of hydrogen-bond acceptors (Lipinski definition) is 2. The van der Waals surface area contributed by atoms with Crippen molar-refractivity contribution in [1.82, 2.24) is 0 Å². The number of allylic oxidation sites excluding steroid dienone is 3. The van der Waals surface area contributed by atoms with Gasteiger partial charge in [-0.05, 0) is 49.4 Å². The van der Waals surface area contributed by atoms with Gasteiger partial charge in [0, 0.05) is 0 Å². The number of carbonyl (C=O) groups excluding carboxylic acids is 1. The molecule has 3 rings (SSSR count). The van der Waals surface area contributed by atoms with Crippen LogP contribution in [0.2, 0.25) is 0 Å². The molecule has 3 aromatic rings. The van der Waals surface area contributed by atoms with E-state index in [2.05, 4.69) is 67.3 Å². The average molecular weight is 401 g/mol. The SMILES string of the molecule is C=CC=CC[P+](c1ccccc1)(c1ccccc1)c1ccccc1C(=O)OCC.